The van der Waals surface area contributed by atoms with Gasteiger partial charge in [-0.25, -0.2) is 5.32 Å². The van der Waals surface area contributed by atoms with E-state index in [1.807, 2.05) is 18.2 Å². The lowest BCUT2D eigenvalue weighted by atomic mass is 10.0. The minimum Gasteiger partial charge on any atom is -0.508 e. The number of likely N-dealkylation sites (tertiary alicyclic amines) is 1. The first-order chi connectivity index (χ1) is 23.4. The van der Waals surface area contributed by atoms with Crippen LogP contribution >= 0.6 is 11.3 Å². The van der Waals surface area contributed by atoms with Gasteiger partial charge in [0, 0.05) is 24.8 Å². The molecule has 256 valence electrons. The minimum atomic E-state index is -4.01. The average Bonchev–Trinajstić information content (AvgIpc) is 3.71. The Morgan fingerprint density at radius 2 is 1.76 bits per heavy atom. The zero-order chi connectivity index (χ0) is 34.8. The molecule has 0 bridgehead atoms. The molecule has 12 nitrogen and oxygen atoms in total. The van der Waals surface area contributed by atoms with Crippen molar-refractivity contribution in [3.8, 4) is 23.0 Å². The first-order valence-corrected chi connectivity index (χ1v) is 18.0. The average molecular weight is 707 g/mol. The summed E-state index contributed by atoms with van der Waals surface area (Å²) in [5, 5.41) is 14.4. The summed E-state index contributed by atoms with van der Waals surface area (Å²) in [5.74, 6) is 0.894. The number of benzene rings is 3. The summed E-state index contributed by atoms with van der Waals surface area (Å²) in [6, 6.07) is 18.2. The number of quaternary nitrogens is 1. The predicted molar refractivity (Wildman–Crippen MR) is 184 cm³/mol. The Hall–Kier alpha value is -4.92. The van der Waals surface area contributed by atoms with Crippen LogP contribution in [0.4, 0.5) is 10.5 Å². The molecule has 0 radical (unpaired) electrons. The Morgan fingerprint density at radius 3 is 2.45 bits per heavy atom. The molecule has 3 amide bonds. The zero-order valence-electron chi connectivity index (χ0n) is 27.1. The molecule has 14 heteroatoms. The number of urea groups is 1. The van der Waals surface area contributed by atoms with E-state index in [0.717, 1.165) is 46.7 Å². The molecule has 0 spiro atoms. The van der Waals surface area contributed by atoms with Crippen molar-refractivity contribution in [1.82, 2.24) is 0 Å². The molecule has 2 aliphatic rings. The van der Waals surface area contributed by atoms with Crippen LogP contribution in [0.2, 0.25) is 0 Å². The van der Waals surface area contributed by atoms with Crippen LogP contribution < -0.4 is 24.7 Å². The van der Waals surface area contributed by atoms with E-state index in [1.54, 1.807) is 24.4 Å². The molecule has 3 aromatic carbocycles. The number of aryl methyl sites for hydroxylation is 1. The number of carbonyl (C=O) groups excluding carboxylic acids is 2. The molecule has 1 unspecified atom stereocenters. The molecular formula is C35H38N4O8S2+2. The number of carbonyl (C=O) groups is 2. The van der Waals surface area contributed by atoms with E-state index < -0.39 is 28.1 Å². The third kappa shape index (κ3) is 8.04. The second-order valence-corrected chi connectivity index (χ2v) is 15.3. The topological polar surface area (TPSA) is 157 Å². The molecule has 1 aromatic heterocycles. The number of aromatic hydroxyl groups is 1. The number of nitrogens with one attached hydrogen (secondary N) is 1. The number of phenols is 1. The summed E-state index contributed by atoms with van der Waals surface area (Å²) in [7, 11) is -1.89. The van der Waals surface area contributed by atoms with E-state index in [0.29, 0.717) is 41.2 Å². The second kappa shape index (κ2) is 13.9. The maximum atomic E-state index is 14.2. The highest BCUT2D eigenvalue weighted by atomic mass is 32.3. The third-order valence-corrected chi connectivity index (χ3v) is 11.3. The molecule has 0 aliphatic carbocycles. The number of hydrogen-bond donors (Lipinski definition) is 3. The molecule has 6 rings (SSSR count). The Balaban J connectivity index is 1.28. The number of amides is 3. The number of nitrogens with two attached hydrogens (primary N) is 1. The number of rotatable bonds is 10. The number of anilines is 1. The first kappa shape index (κ1) is 34.0. The van der Waals surface area contributed by atoms with Crippen molar-refractivity contribution >= 4 is 44.8 Å². The largest absolute Gasteiger partial charge is 0.508 e. The molecule has 1 fully saturated rings. The molecule has 49 heavy (non-hydrogen) atoms. The van der Waals surface area contributed by atoms with E-state index in [4.69, 9.17) is 19.4 Å². The van der Waals surface area contributed by atoms with Gasteiger partial charge in [-0.15, -0.1) is 11.3 Å². The minimum absolute atomic E-state index is 0.0814. The van der Waals surface area contributed by atoms with Crippen molar-refractivity contribution in [3.63, 3.8) is 0 Å². The van der Waals surface area contributed by atoms with E-state index in [1.165, 1.54) is 47.0 Å². The van der Waals surface area contributed by atoms with Crippen molar-refractivity contribution in [1.29, 1.82) is 0 Å². The number of primary amides is 1. The molecule has 2 aliphatic heterocycles. The normalized spacial score (nSPS) is 18.8. The Morgan fingerprint density at radius 1 is 1.04 bits per heavy atom. The lowest BCUT2D eigenvalue weighted by molar-refractivity contribution is -0.918. The first-order valence-electron chi connectivity index (χ1n) is 15.7. The predicted octanol–water partition coefficient (Wildman–Crippen LogP) is 4.78. The smallest absolute Gasteiger partial charge is 0.496 e. The van der Waals surface area contributed by atoms with Crippen molar-refractivity contribution in [2.24, 2.45) is 5.73 Å². The maximum absolute atomic E-state index is 14.2. The van der Waals surface area contributed by atoms with Crippen LogP contribution in [0.3, 0.4) is 0 Å². The Labute approximate surface area is 288 Å². The molecule has 4 aromatic rings. The lowest BCUT2D eigenvalue weighted by Gasteiger charge is -2.38. The summed E-state index contributed by atoms with van der Waals surface area (Å²) in [5.41, 5.74) is 9.71. The number of fused-ring (bicyclic) bond motifs is 1. The Kier molecular flexibility index (Phi) is 9.63. The molecule has 2 atom stereocenters. The van der Waals surface area contributed by atoms with Crippen LogP contribution in [-0.4, -0.2) is 73.2 Å². The molecule has 1 saturated heterocycles. The van der Waals surface area contributed by atoms with Crippen LogP contribution in [0.25, 0.3) is 0 Å². The highest BCUT2D eigenvalue weighted by molar-refractivity contribution is 7.89. The molecule has 3 heterocycles. The van der Waals surface area contributed by atoms with Crippen molar-refractivity contribution < 1.29 is 45.8 Å². The van der Waals surface area contributed by atoms with Gasteiger partial charge in [0.15, 0.2) is 21.8 Å². The fourth-order valence-corrected chi connectivity index (χ4v) is 8.36. The number of piperidine rings is 1. The highest BCUT2D eigenvalue weighted by Crippen LogP contribution is 2.34. The molecular weight excluding hydrogens is 669 g/mol. The van der Waals surface area contributed by atoms with Gasteiger partial charge in [-0.05, 0) is 84.1 Å². The number of phenolic OH excluding ortho intramolecular Hbond substituents is 1. The number of nitrogens with zero attached hydrogens (tertiary/aromatic N) is 2. The Bertz CT molecular complexity index is 2010. The van der Waals surface area contributed by atoms with Gasteiger partial charge in [-0.1, -0.05) is 12.1 Å². The van der Waals surface area contributed by atoms with Gasteiger partial charge in [0.2, 0.25) is 6.79 Å². The van der Waals surface area contributed by atoms with Crippen LogP contribution in [0.1, 0.15) is 29.5 Å². The third-order valence-electron chi connectivity index (χ3n) is 8.56. The summed E-state index contributed by atoms with van der Waals surface area (Å²) < 4.78 is 43.9. The summed E-state index contributed by atoms with van der Waals surface area (Å²) in [6.07, 6.45) is 1.48. The fourth-order valence-electron chi connectivity index (χ4n) is 6.24. The van der Waals surface area contributed by atoms with Gasteiger partial charge in [0.25, 0.3) is 5.91 Å². The number of ether oxygens (including phenoxy) is 2. The fraction of sp³-hybridized carbons (Fsp3) is 0.286. The van der Waals surface area contributed by atoms with Gasteiger partial charge in [0.05, 0.1) is 13.6 Å². The van der Waals surface area contributed by atoms with E-state index in [2.05, 4.69) is 12.4 Å². The lowest BCUT2D eigenvalue weighted by Crippen LogP contribution is -2.56. The number of hydrogen-bond acceptors (Lipinski definition) is 9. The zero-order valence-corrected chi connectivity index (χ0v) is 28.8. The second-order valence-electron chi connectivity index (χ2n) is 12.6. The highest BCUT2D eigenvalue weighted by Gasteiger charge is 2.39. The van der Waals surface area contributed by atoms with Crippen LogP contribution in [-0.2, 0) is 27.9 Å². The van der Waals surface area contributed by atoms with Crippen LogP contribution in [0.15, 0.2) is 82.4 Å². The summed E-state index contributed by atoms with van der Waals surface area (Å²) >= 11 is 1.07. The quantitative estimate of drug-likeness (QED) is 0.121. The summed E-state index contributed by atoms with van der Waals surface area (Å²) in [4.78, 5) is 27.3. The monoisotopic (exact) mass is 706 g/mol. The van der Waals surface area contributed by atoms with Crippen molar-refractivity contribution in [3.05, 3.63) is 94.9 Å². The SMILES string of the molecule is Cc1csc(S(=O)(=O)Oc2ccc(NC(=O)/[N+](=C3\CCC[N+](C)(Cc4ccc5c(c4)OCO5)C3)[C@@H](Cc3ccc(O)cc3)C(N)=O)cc2)c1. The standard InChI is InChI=1S/C35H36N4O8S2/c1-23-16-33(48-21-23)49(43,44)47-29-12-8-26(9-13-29)37-35(42)38(30(34(36)41)17-24-5-10-28(40)11-6-24)27-4-3-15-39(2,20-27)19-25-7-14-31-32(18-25)46-22-45-31/h5-14,16,18,21,30H,3-4,15,17,19-20,22H2,1-2H3,(H2-2,36,37,40,41,42)/p+2/b38-27+/t30-,39?/m0/s1. The molecule has 4 N–H and O–H groups in total. The summed E-state index contributed by atoms with van der Waals surface area (Å²) in [6.45, 7) is 3.97. The number of thiophene rings is 1. The van der Waals surface area contributed by atoms with Gasteiger partial charge >= 0.3 is 16.1 Å². The van der Waals surface area contributed by atoms with Gasteiger partial charge in [-0.3, -0.25) is 4.79 Å². The maximum Gasteiger partial charge on any atom is 0.496 e. The van der Waals surface area contributed by atoms with E-state index in [9.17, 15) is 23.1 Å². The van der Waals surface area contributed by atoms with E-state index >= 15 is 0 Å². The molecule has 0 saturated carbocycles. The van der Waals surface area contributed by atoms with Crippen LogP contribution in [0, 0.1) is 6.92 Å². The van der Waals surface area contributed by atoms with Crippen molar-refractivity contribution in [2.45, 2.75) is 43.0 Å². The van der Waals surface area contributed by atoms with Crippen LogP contribution in [0.5, 0.6) is 23.0 Å². The van der Waals surface area contributed by atoms with Gasteiger partial charge in [-0.2, -0.15) is 17.8 Å². The van der Waals surface area contributed by atoms with E-state index in [-0.39, 0.29) is 28.9 Å². The van der Waals surface area contributed by atoms with Gasteiger partial charge < -0.3 is 29.0 Å². The van der Waals surface area contributed by atoms with Crippen molar-refractivity contribution in [2.75, 3.05) is 32.2 Å². The van der Waals surface area contributed by atoms with Gasteiger partial charge in [0.1, 0.15) is 36.0 Å².